The lowest BCUT2D eigenvalue weighted by molar-refractivity contribution is 0.112. The summed E-state index contributed by atoms with van der Waals surface area (Å²) in [5.41, 5.74) is 1.40. The van der Waals surface area contributed by atoms with Crippen molar-refractivity contribution in [3.05, 3.63) is 28.3 Å². The minimum atomic E-state index is -1.26. The van der Waals surface area contributed by atoms with Crippen LogP contribution >= 0.6 is 11.6 Å². The maximum Gasteiger partial charge on any atom is 0.229 e. The van der Waals surface area contributed by atoms with Crippen LogP contribution in [0.1, 0.15) is 36.7 Å². The summed E-state index contributed by atoms with van der Waals surface area (Å²) in [5, 5.41) is 0.585. The summed E-state index contributed by atoms with van der Waals surface area (Å²) in [7, 11) is -1.26. The predicted octanol–water partition coefficient (Wildman–Crippen LogP) is 3.81. The highest BCUT2D eigenvalue weighted by atomic mass is 35.5. The summed E-state index contributed by atoms with van der Waals surface area (Å²) in [6.07, 6.45) is 0.867. The molecule has 0 N–H and O–H groups in total. The Balaban J connectivity index is 3.48. The normalized spacial score (nSPS) is 11.7. The van der Waals surface area contributed by atoms with Crippen LogP contribution in [0.15, 0.2) is 12.1 Å². The van der Waals surface area contributed by atoms with Crippen LogP contribution in [-0.4, -0.2) is 15.3 Å². The van der Waals surface area contributed by atoms with E-state index >= 15 is 0 Å². The second-order valence-electron chi connectivity index (χ2n) is 5.38. The number of benzene rings is 1. The fourth-order valence-corrected chi connectivity index (χ4v) is 2.79. The number of aldehydes is 1. The van der Waals surface area contributed by atoms with Gasteiger partial charge >= 0.3 is 0 Å². The fourth-order valence-electron chi connectivity index (χ4n) is 1.80. The first-order valence-electron chi connectivity index (χ1n) is 5.72. The molecule has 0 aliphatic rings. The minimum absolute atomic E-state index is 0.167. The number of hydrogen-bond donors (Lipinski definition) is 0. The standard InChI is InChI=1S/C13H19ClO2Si/c1-13(2,3)11-9(8-15)6-7-10(14)12(11)16-17(4)5/h6-8,17H,1-5H3. The molecule has 4 heteroatoms. The van der Waals surface area contributed by atoms with Crippen molar-refractivity contribution in [2.45, 2.75) is 39.3 Å². The molecule has 0 heterocycles. The molecule has 0 saturated heterocycles. The zero-order chi connectivity index (χ0) is 13.2. The van der Waals surface area contributed by atoms with Gasteiger partial charge < -0.3 is 4.43 Å². The largest absolute Gasteiger partial charge is 0.546 e. The summed E-state index contributed by atoms with van der Waals surface area (Å²) < 4.78 is 5.89. The Bertz CT molecular complexity index is 422. The molecule has 0 spiro atoms. The summed E-state index contributed by atoms with van der Waals surface area (Å²) in [6, 6.07) is 3.48. The van der Waals surface area contributed by atoms with Crippen LogP contribution in [0.2, 0.25) is 18.1 Å². The van der Waals surface area contributed by atoms with E-state index in [2.05, 4.69) is 33.9 Å². The molecule has 1 rings (SSSR count). The Kier molecular flexibility index (Phi) is 4.39. The number of rotatable bonds is 3. The number of halogens is 1. The van der Waals surface area contributed by atoms with Crippen LogP contribution in [0, 0.1) is 0 Å². The van der Waals surface area contributed by atoms with E-state index in [1.54, 1.807) is 12.1 Å². The molecule has 94 valence electrons. The first-order valence-corrected chi connectivity index (χ1v) is 8.88. The van der Waals surface area contributed by atoms with Gasteiger partial charge in [-0.15, -0.1) is 0 Å². The topological polar surface area (TPSA) is 26.3 Å². The Labute approximate surface area is 110 Å². The van der Waals surface area contributed by atoms with Crippen molar-refractivity contribution in [2.75, 3.05) is 0 Å². The lowest BCUT2D eigenvalue weighted by Gasteiger charge is -2.26. The summed E-state index contributed by atoms with van der Waals surface area (Å²) in [6.45, 7) is 10.3. The number of hydrogen-bond acceptors (Lipinski definition) is 2. The quantitative estimate of drug-likeness (QED) is 0.617. The second-order valence-corrected chi connectivity index (χ2v) is 8.12. The molecule has 17 heavy (non-hydrogen) atoms. The maximum absolute atomic E-state index is 11.1. The van der Waals surface area contributed by atoms with Crippen molar-refractivity contribution < 1.29 is 9.22 Å². The molecular formula is C13H19ClO2Si. The van der Waals surface area contributed by atoms with Gasteiger partial charge in [0.05, 0.1) is 5.02 Å². The zero-order valence-corrected chi connectivity index (χ0v) is 12.9. The van der Waals surface area contributed by atoms with Crippen molar-refractivity contribution >= 4 is 26.9 Å². The first-order chi connectivity index (χ1) is 7.77. The third-order valence-electron chi connectivity index (χ3n) is 2.37. The van der Waals surface area contributed by atoms with Gasteiger partial charge in [-0.3, -0.25) is 4.79 Å². The van der Waals surface area contributed by atoms with Gasteiger partial charge in [0.2, 0.25) is 9.04 Å². The van der Waals surface area contributed by atoms with Gasteiger partial charge in [-0.1, -0.05) is 32.4 Å². The van der Waals surface area contributed by atoms with E-state index in [4.69, 9.17) is 16.0 Å². The van der Waals surface area contributed by atoms with Gasteiger partial charge in [0.15, 0.2) is 0 Å². The zero-order valence-electron chi connectivity index (χ0n) is 11.0. The Morgan fingerprint density at radius 1 is 1.29 bits per heavy atom. The van der Waals surface area contributed by atoms with Crippen LogP contribution in [0.5, 0.6) is 5.75 Å². The molecule has 0 saturated carbocycles. The van der Waals surface area contributed by atoms with Crippen LogP contribution in [0.3, 0.4) is 0 Å². The van der Waals surface area contributed by atoms with Crippen molar-refractivity contribution in [3.8, 4) is 5.75 Å². The van der Waals surface area contributed by atoms with E-state index in [0.717, 1.165) is 11.8 Å². The van der Waals surface area contributed by atoms with Crippen LogP contribution < -0.4 is 4.43 Å². The Hall–Kier alpha value is -0.803. The highest BCUT2D eigenvalue weighted by molar-refractivity contribution is 6.49. The van der Waals surface area contributed by atoms with E-state index in [1.165, 1.54) is 0 Å². The van der Waals surface area contributed by atoms with E-state index in [9.17, 15) is 4.79 Å². The molecule has 1 aromatic carbocycles. The molecule has 0 bridgehead atoms. The van der Waals surface area contributed by atoms with Crippen molar-refractivity contribution in [2.24, 2.45) is 0 Å². The molecule has 0 radical (unpaired) electrons. The average molecular weight is 271 g/mol. The van der Waals surface area contributed by atoms with E-state index < -0.39 is 9.04 Å². The highest BCUT2D eigenvalue weighted by Gasteiger charge is 2.25. The SMILES string of the molecule is C[SiH](C)Oc1c(Cl)ccc(C=O)c1C(C)(C)C. The monoisotopic (exact) mass is 270 g/mol. The highest BCUT2D eigenvalue weighted by Crippen LogP contribution is 2.39. The van der Waals surface area contributed by atoms with Gasteiger partial charge in [0.1, 0.15) is 12.0 Å². The van der Waals surface area contributed by atoms with Crippen LogP contribution in [0.25, 0.3) is 0 Å². The second kappa shape index (κ2) is 5.23. The lowest BCUT2D eigenvalue weighted by Crippen LogP contribution is -2.20. The molecule has 2 nitrogen and oxygen atoms in total. The lowest BCUT2D eigenvalue weighted by atomic mass is 9.83. The third-order valence-corrected chi connectivity index (χ3v) is 3.38. The van der Waals surface area contributed by atoms with Gasteiger partial charge in [-0.2, -0.15) is 0 Å². The predicted molar refractivity (Wildman–Crippen MR) is 75.0 cm³/mol. The van der Waals surface area contributed by atoms with Crippen LogP contribution in [0.4, 0.5) is 0 Å². The number of carbonyl (C=O) groups is 1. The molecule has 0 aliphatic heterocycles. The molecule has 1 aromatic rings. The average Bonchev–Trinajstić information content (AvgIpc) is 2.18. The molecule has 0 unspecified atom stereocenters. The Morgan fingerprint density at radius 3 is 2.29 bits per heavy atom. The molecule has 0 atom stereocenters. The van der Waals surface area contributed by atoms with Crippen molar-refractivity contribution in [3.63, 3.8) is 0 Å². The number of carbonyl (C=O) groups excluding carboxylic acids is 1. The van der Waals surface area contributed by atoms with Gasteiger partial charge in [-0.05, 0) is 30.6 Å². The maximum atomic E-state index is 11.1. The van der Waals surface area contributed by atoms with Gasteiger partial charge in [-0.25, -0.2) is 0 Å². The summed E-state index contributed by atoms with van der Waals surface area (Å²) in [5.74, 6) is 0.686. The van der Waals surface area contributed by atoms with E-state index in [0.29, 0.717) is 16.3 Å². The Morgan fingerprint density at radius 2 is 1.88 bits per heavy atom. The van der Waals surface area contributed by atoms with Gasteiger partial charge in [0, 0.05) is 11.1 Å². The fraction of sp³-hybridized carbons (Fsp3) is 0.462. The van der Waals surface area contributed by atoms with Crippen molar-refractivity contribution in [1.82, 2.24) is 0 Å². The molecule has 0 fully saturated rings. The molecular weight excluding hydrogens is 252 g/mol. The minimum Gasteiger partial charge on any atom is -0.546 e. The smallest absolute Gasteiger partial charge is 0.229 e. The third kappa shape index (κ3) is 3.33. The van der Waals surface area contributed by atoms with E-state index in [-0.39, 0.29) is 5.41 Å². The molecule has 0 aliphatic carbocycles. The van der Waals surface area contributed by atoms with Gasteiger partial charge in [0.25, 0.3) is 0 Å². The summed E-state index contributed by atoms with van der Waals surface area (Å²) in [4.78, 5) is 11.1. The first kappa shape index (κ1) is 14.3. The molecule has 0 amide bonds. The van der Waals surface area contributed by atoms with Crippen molar-refractivity contribution in [1.29, 1.82) is 0 Å². The van der Waals surface area contributed by atoms with Crippen LogP contribution in [-0.2, 0) is 5.41 Å². The molecule has 0 aromatic heterocycles. The summed E-state index contributed by atoms with van der Waals surface area (Å²) >= 11 is 6.19. The van der Waals surface area contributed by atoms with E-state index in [1.807, 2.05) is 0 Å².